The fourth-order valence-electron chi connectivity index (χ4n) is 1.71. The number of aryl methyl sites for hydroxylation is 1. The summed E-state index contributed by atoms with van der Waals surface area (Å²) in [7, 11) is 2.04. The summed E-state index contributed by atoms with van der Waals surface area (Å²) in [6.07, 6.45) is 0. The van der Waals surface area contributed by atoms with Crippen LogP contribution in [0.2, 0.25) is 0 Å². The molecule has 1 aromatic carbocycles. The van der Waals surface area contributed by atoms with Crippen LogP contribution in [0.5, 0.6) is 0 Å². The molecule has 0 aliphatic carbocycles. The minimum absolute atomic E-state index is 0.426. The third-order valence-corrected chi connectivity index (χ3v) is 3.70. The first-order chi connectivity index (χ1) is 8.56. The number of nitrogens with zero attached hydrogens (tertiary/aromatic N) is 2. The second kappa shape index (κ2) is 5.46. The van der Waals surface area contributed by atoms with E-state index in [0.29, 0.717) is 4.99 Å². The van der Waals surface area contributed by atoms with Gasteiger partial charge in [0.2, 0.25) is 0 Å². The zero-order chi connectivity index (χ0) is 13.1. The number of thiocarbonyl (C=S) groups is 1. The largest absolute Gasteiger partial charge is 0.389 e. The number of benzene rings is 1. The Hall–Kier alpha value is -1.46. The van der Waals surface area contributed by atoms with Gasteiger partial charge in [0.05, 0.1) is 17.2 Å². The van der Waals surface area contributed by atoms with E-state index in [0.717, 1.165) is 28.5 Å². The molecule has 0 radical (unpaired) electrons. The van der Waals surface area contributed by atoms with Gasteiger partial charge in [0.1, 0.15) is 4.99 Å². The number of aromatic nitrogens is 1. The van der Waals surface area contributed by atoms with Crippen molar-refractivity contribution in [3.05, 3.63) is 45.9 Å². The fraction of sp³-hybridized carbons (Fsp3) is 0.231. The summed E-state index contributed by atoms with van der Waals surface area (Å²) in [5.74, 6) is 0. The van der Waals surface area contributed by atoms with Crippen molar-refractivity contribution in [1.82, 2.24) is 4.98 Å². The summed E-state index contributed by atoms with van der Waals surface area (Å²) in [5, 5.41) is 3.18. The molecule has 0 atom stereocenters. The summed E-state index contributed by atoms with van der Waals surface area (Å²) in [4.78, 5) is 7.02. The highest BCUT2D eigenvalue weighted by Crippen LogP contribution is 2.18. The fourth-order valence-corrected chi connectivity index (χ4v) is 2.44. The van der Waals surface area contributed by atoms with Gasteiger partial charge in [-0.1, -0.05) is 24.4 Å². The van der Waals surface area contributed by atoms with Crippen LogP contribution in [0.25, 0.3) is 0 Å². The molecule has 0 aliphatic heterocycles. The SMILES string of the molecule is Cc1nc(CN(C)c2cccc(C(N)=S)c2)cs1. The second-order valence-electron chi connectivity index (χ2n) is 4.13. The maximum atomic E-state index is 5.64. The minimum Gasteiger partial charge on any atom is -0.389 e. The topological polar surface area (TPSA) is 42.2 Å². The Bertz CT molecular complexity index is 563. The summed E-state index contributed by atoms with van der Waals surface area (Å²) < 4.78 is 0. The van der Waals surface area contributed by atoms with Crippen LogP contribution in [0.1, 0.15) is 16.3 Å². The van der Waals surface area contributed by atoms with E-state index < -0.39 is 0 Å². The van der Waals surface area contributed by atoms with Crippen LogP contribution < -0.4 is 10.6 Å². The zero-order valence-corrected chi connectivity index (χ0v) is 12.0. The molecule has 94 valence electrons. The molecular weight excluding hydrogens is 262 g/mol. The summed E-state index contributed by atoms with van der Waals surface area (Å²) in [5.41, 5.74) is 8.71. The molecule has 0 amide bonds. The second-order valence-corrected chi connectivity index (χ2v) is 5.63. The number of hydrogen-bond donors (Lipinski definition) is 1. The minimum atomic E-state index is 0.426. The Kier molecular flexibility index (Phi) is 3.93. The van der Waals surface area contributed by atoms with Gasteiger partial charge in [-0.05, 0) is 19.1 Å². The molecule has 0 bridgehead atoms. The van der Waals surface area contributed by atoms with E-state index in [1.54, 1.807) is 11.3 Å². The molecule has 0 aliphatic rings. The van der Waals surface area contributed by atoms with Crippen LogP contribution in [0.15, 0.2) is 29.6 Å². The molecule has 2 N–H and O–H groups in total. The molecule has 0 fully saturated rings. The van der Waals surface area contributed by atoms with Crippen molar-refractivity contribution in [3.63, 3.8) is 0 Å². The molecule has 1 heterocycles. The quantitative estimate of drug-likeness (QED) is 0.873. The van der Waals surface area contributed by atoms with Gasteiger partial charge < -0.3 is 10.6 Å². The predicted molar refractivity (Wildman–Crippen MR) is 81.3 cm³/mol. The van der Waals surface area contributed by atoms with Gasteiger partial charge in [-0.2, -0.15) is 0 Å². The van der Waals surface area contributed by atoms with Crippen LogP contribution in [-0.4, -0.2) is 17.0 Å². The lowest BCUT2D eigenvalue weighted by Crippen LogP contribution is -2.17. The normalized spacial score (nSPS) is 10.3. The van der Waals surface area contributed by atoms with Gasteiger partial charge in [-0.15, -0.1) is 11.3 Å². The summed E-state index contributed by atoms with van der Waals surface area (Å²) in [6, 6.07) is 7.93. The Morgan fingerprint density at radius 3 is 2.89 bits per heavy atom. The molecule has 0 unspecified atom stereocenters. The molecular formula is C13H15N3S2. The van der Waals surface area contributed by atoms with Gasteiger partial charge in [-0.3, -0.25) is 0 Å². The lowest BCUT2D eigenvalue weighted by molar-refractivity contribution is 0.890. The van der Waals surface area contributed by atoms with Gasteiger partial charge in [0.15, 0.2) is 0 Å². The molecule has 0 saturated heterocycles. The van der Waals surface area contributed by atoms with Crippen LogP contribution in [0.3, 0.4) is 0 Å². The highest BCUT2D eigenvalue weighted by Gasteiger charge is 2.06. The van der Waals surface area contributed by atoms with E-state index in [1.165, 1.54) is 0 Å². The van der Waals surface area contributed by atoms with Crippen molar-refractivity contribution < 1.29 is 0 Å². The smallest absolute Gasteiger partial charge is 0.104 e. The van der Waals surface area contributed by atoms with Crippen LogP contribution in [0.4, 0.5) is 5.69 Å². The number of anilines is 1. The van der Waals surface area contributed by atoms with Gasteiger partial charge >= 0.3 is 0 Å². The Labute approximate surface area is 116 Å². The molecule has 0 saturated carbocycles. The monoisotopic (exact) mass is 277 g/mol. The number of rotatable bonds is 4. The third kappa shape index (κ3) is 3.05. The molecule has 2 aromatic rings. The van der Waals surface area contributed by atoms with Crippen molar-refractivity contribution in [1.29, 1.82) is 0 Å². The van der Waals surface area contributed by atoms with Crippen molar-refractivity contribution in [2.24, 2.45) is 5.73 Å². The highest BCUT2D eigenvalue weighted by molar-refractivity contribution is 7.80. The lowest BCUT2D eigenvalue weighted by Gasteiger charge is -2.18. The van der Waals surface area contributed by atoms with Crippen LogP contribution in [-0.2, 0) is 6.54 Å². The van der Waals surface area contributed by atoms with Crippen LogP contribution >= 0.6 is 23.6 Å². The number of thiazole rings is 1. The molecule has 2 rings (SSSR count). The zero-order valence-electron chi connectivity index (χ0n) is 10.4. The van der Waals surface area contributed by atoms with Crippen molar-refractivity contribution in [2.45, 2.75) is 13.5 Å². The molecule has 3 nitrogen and oxygen atoms in total. The maximum absolute atomic E-state index is 5.64. The standard InChI is InChI=1S/C13H15N3S2/c1-9-15-11(8-18-9)7-16(2)12-5-3-4-10(6-12)13(14)17/h3-6,8H,7H2,1-2H3,(H2,14,17). The lowest BCUT2D eigenvalue weighted by atomic mass is 10.2. The van der Waals surface area contributed by atoms with E-state index in [9.17, 15) is 0 Å². The molecule has 0 spiro atoms. The Balaban J connectivity index is 2.15. The first-order valence-electron chi connectivity index (χ1n) is 5.58. The van der Waals surface area contributed by atoms with Crippen molar-refractivity contribution >= 4 is 34.2 Å². The predicted octanol–water partition coefficient (Wildman–Crippen LogP) is 2.72. The average molecular weight is 277 g/mol. The number of nitrogens with two attached hydrogens (primary N) is 1. The molecule has 5 heteroatoms. The van der Waals surface area contributed by atoms with E-state index in [-0.39, 0.29) is 0 Å². The van der Waals surface area contributed by atoms with Gasteiger partial charge in [-0.25, -0.2) is 4.98 Å². The summed E-state index contributed by atoms with van der Waals surface area (Å²) in [6.45, 7) is 2.80. The first-order valence-corrected chi connectivity index (χ1v) is 6.87. The van der Waals surface area contributed by atoms with Crippen LogP contribution in [0, 0.1) is 6.92 Å². The summed E-state index contributed by atoms with van der Waals surface area (Å²) >= 11 is 6.66. The average Bonchev–Trinajstić information content (AvgIpc) is 2.75. The van der Waals surface area contributed by atoms with E-state index in [2.05, 4.69) is 15.3 Å². The first kappa shape index (κ1) is 13.0. The van der Waals surface area contributed by atoms with Gasteiger partial charge in [0, 0.05) is 23.7 Å². The Morgan fingerprint density at radius 2 is 2.28 bits per heavy atom. The Morgan fingerprint density at radius 1 is 1.50 bits per heavy atom. The number of hydrogen-bond acceptors (Lipinski definition) is 4. The molecule has 18 heavy (non-hydrogen) atoms. The third-order valence-electron chi connectivity index (χ3n) is 2.64. The van der Waals surface area contributed by atoms with E-state index in [4.69, 9.17) is 18.0 Å². The van der Waals surface area contributed by atoms with Crippen molar-refractivity contribution in [2.75, 3.05) is 11.9 Å². The molecule has 1 aromatic heterocycles. The van der Waals surface area contributed by atoms with E-state index in [1.807, 2.05) is 38.2 Å². The highest BCUT2D eigenvalue weighted by atomic mass is 32.1. The van der Waals surface area contributed by atoms with E-state index >= 15 is 0 Å². The maximum Gasteiger partial charge on any atom is 0.104 e. The van der Waals surface area contributed by atoms with Crippen molar-refractivity contribution in [3.8, 4) is 0 Å². The van der Waals surface area contributed by atoms with Gasteiger partial charge in [0.25, 0.3) is 0 Å².